The van der Waals surface area contributed by atoms with E-state index in [2.05, 4.69) is 18.7 Å². The summed E-state index contributed by atoms with van der Waals surface area (Å²) in [6.07, 6.45) is 0. The lowest BCUT2D eigenvalue weighted by atomic mass is 10.1. The van der Waals surface area contributed by atoms with Crippen LogP contribution in [0, 0.1) is 0 Å². The van der Waals surface area contributed by atoms with Crippen LogP contribution in [-0.2, 0) is 4.74 Å². The molecule has 4 heteroatoms. The molecule has 4 nitrogen and oxygen atoms in total. The fraction of sp³-hybridized carbons (Fsp3) is 0.533. The summed E-state index contributed by atoms with van der Waals surface area (Å²) < 4.78 is 10.6. The lowest BCUT2D eigenvalue weighted by Gasteiger charge is -2.22. The highest BCUT2D eigenvalue weighted by molar-refractivity contribution is 5.93. The highest BCUT2D eigenvalue weighted by atomic mass is 16.5. The number of hydrogen-bond donors (Lipinski definition) is 0. The van der Waals surface area contributed by atoms with Gasteiger partial charge in [-0.15, -0.1) is 0 Å². The Balaban J connectivity index is 3.13. The zero-order valence-corrected chi connectivity index (χ0v) is 12.2. The summed E-state index contributed by atoms with van der Waals surface area (Å²) in [6, 6.07) is 5.65. The van der Waals surface area contributed by atoms with Gasteiger partial charge in [-0.2, -0.15) is 0 Å². The Morgan fingerprint density at radius 3 is 2.32 bits per heavy atom. The maximum atomic E-state index is 12.0. The fourth-order valence-electron chi connectivity index (χ4n) is 1.95. The van der Waals surface area contributed by atoms with Crippen LogP contribution in [0.2, 0.25) is 0 Å². The van der Waals surface area contributed by atoms with Crippen molar-refractivity contribution in [1.82, 2.24) is 0 Å². The standard InChI is InChI=1S/C15H23NO3/c1-5-16(6-2)12-9-10-14(18-7-3)13(11-12)15(17)19-8-4/h9-11H,5-8H2,1-4H3. The summed E-state index contributed by atoms with van der Waals surface area (Å²) in [6.45, 7) is 10.5. The number of nitrogens with zero attached hydrogens (tertiary/aromatic N) is 1. The molecule has 0 N–H and O–H groups in total. The zero-order valence-electron chi connectivity index (χ0n) is 12.2. The molecule has 1 aromatic rings. The van der Waals surface area contributed by atoms with E-state index in [1.165, 1.54) is 0 Å². The molecule has 0 fully saturated rings. The monoisotopic (exact) mass is 265 g/mol. The van der Waals surface area contributed by atoms with Gasteiger partial charge in [-0.05, 0) is 45.9 Å². The topological polar surface area (TPSA) is 38.8 Å². The first-order valence-electron chi connectivity index (χ1n) is 6.86. The molecule has 0 unspecified atom stereocenters. The zero-order chi connectivity index (χ0) is 14.3. The van der Waals surface area contributed by atoms with E-state index < -0.39 is 0 Å². The number of carbonyl (C=O) groups is 1. The van der Waals surface area contributed by atoms with Crippen LogP contribution in [0.1, 0.15) is 38.1 Å². The molecular weight excluding hydrogens is 242 g/mol. The summed E-state index contributed by atoms with van der Waals surface area (Å²) in [7, 11) is 0. The van der Waals surface area contributed by atoms with Gasteiger partial charge in [0.05, 0.1) is 13.2 Å². The van der Waals surface area contributed by atoms with Gasteiger partial charge in [-0.1, -0.05) is 0 Å². The number of benzene rings is 1. The fourth-order valence-corrected chi connectivity index (χ4v) is 1.95. The van der Waals surface area contributed by atoms with Gasteiger partial charge < -0.3 is 14.4 Å². The Kier molecular flexibility index (Phi) is 6.19. The number of carbonyl (C=O) groups excluding carboxylic acids is 1. The molecule has 1 aromatic carbocycles. The van der Waals surface area contributed by atoms with Crippen molar-refractivity contribution in [2.24, 2.45) is 0 Å². The molecule has 0 aliphatic rings. The molecule has 0 atom stereocenters. The molecule has 0 aliphatic heterocycles. The van der Waals surface area contributed by atoms with Crippen LogP contribution in [0.3, 0.4) is 0 Å². The average Bonchev–Trinajstić information content (AvgIpc) is 2.42. The smallest absolute Gasteiger partial charge is 0.341 e. The predicted octanol–water partition coefficient (Wildman–Crippen LogP) is 3.11. The summed E-state index contributed by atoms with van der Waals surface area (Å²) in [5.74, 6) is 0.247. The third-order valence-electron chi connectivity index (χ3n) is 2.89. The van der Waals surface area contributed by atoms with Crippen molar-refractivity contribution in [3.8, 4) is 5.75 Å². The van der Waals surface area contributed by atoms with Gasteiger partial charge in [-0.25, -0.2) is 4.79 Å². The van der Waals surface area contributed by atoms with E-state index in [0.29, 0.717) is 24.5 Å². The van der Waals surface area contributed by atoms with E-state index in [-0.39, 0.29) is 5.97 Å². The van der Waals surface area contributed by atoms with Crippen LogP contribution in [-0.4, -0.2) is 32.3 Å². The van der Waals surface area contributed by atoms with Crippen molar-refractivity contribution in [3.63, 3.8) is 0 Å². The van der Waals surface area contributed by atoms with E-state index in [1.807, 2.05) is 25.1 Å². The van der Waals surface area contributed by atoms with Crippen LogP contribution in [0.15, 0.2) is 18.2 Å². The van der Waals surface area contributed by atoms with E-state index in [1.54, 1.807) is 6.92 Å². The number of esters is 1. The maximum absolute atomic E-state index is 12.0. The quantitative estimate of drug-likeness (QED) is 0.710. The summed E-state index contributed by atoms with van der Waals surface area (Å²) in [5.41, 5.74) is 1.50. The normalized spacial score (nSPS) is 10.1. The van der Waals surface area contributed by atoms with Crippen LogP contribution in [0.5, 0.6) is 5.75 Å². The SMILES string of the molecule is CCOC(=O)c1cc(N(CC)CC)ccc1OCC. The first-order valence-corrected chi connectivity index (χ1v) is 6.86. The first kappa shape index (κ1) is 15.3. The molecule has 0 bridgehead atoms. The minimum atomic E-state index is -0.333. The summed E-state index contributed by atoms with van der Waals surface area (Å²) >= 11 is 0. The second kappa shape index (κ2) is 7.67. The average molecular weight is 265 g/mol. The minimum Gasteiger partial charge on any atom is -0.493 e. The van der Waals surface area contributed by atoms with Crippen LogP contribution in [0.25, 0.3) is 0 Å². The van der Waals surface area contributed by atoms with Gasteiger partial charge >= 0.3 is 5.97 Å². The molecule has 0 aromatic heterocycles. The lowest BCUT2D eigenvalue weighted by molar-refractivity contribution is 0.0522. The van der Waals surface area contributed by atoms with Crippen molar-refractivity contribution in [1.29, 1.82) is 0 Å². The molecule has 0 spiro atoms. The Bertz CT molecular complexity index is 414. The highest BCUT2D eigenvalue weighted by Gasteiger charge is 2.16. The van der Waals surface area contributed by atoms with E-state index in [9.17, 15) is 4.79 Å². The minimum absolute atomic E-state index is 0.333. The van der Waals surface area contributed by atoms with Crippen molar-refractivity contribution in [2.45, 2.75) is 27.7 Å². The van der Waals surface area contributed by atoms with Crippen molar-refractivity contribution in [3.05, 3.63) is 23.8 Å². The molecule has 0 heterocycles. The van der Waals surface area contributed by atoms with Gasteiger partial charge in [0.1, 0.15) is 11.3 Å². The third kappa shape index (κ3) is 3.88. The number of hydrogen-bond acceptors (Lipinski definition) is 4. The second-order valence-electron chi connectivity index (χ2n) is 4.01. The Morgan fingerprint density at radius 2 is 1.79 bits per heavy atom. The van der Waals surface area contributed by atoms with Crippen molar-refractivity contribution < 1.29 is 14.3 Å². The Labute approximate surface area is 115 Å². The molecule has 0 saturated carbocycles. The number of ether oxygens (including phenoxy) is 2. The molecule has 0 saturated heterocycles. The van der Waals surface area contributed by atoms with Crippen molar-refractivity contribution >= 4 is 11.7 Å². The first-order chi connectivity index (χ1) is 9.17. The van der Waals surface area contributed by atoms with Gasteiger partial charge in [0.15, 0.2) is 0 Å². The lowest BCUT2D eigenvalue weighted by Crippen LogP contribution is -2.22. The van der Waals surface area contributed by atoms with E-state index in [0.717, 1.165) is 18.8 Å². The van der Waals surface area contributed by atoms with E-state index >= 15 is 0 Å². The number of rotatable bonds is 7. The molecule has 0 aliphatic carbocycles. The molecule has 106 valence electrons. The summed E-state index contributed by atoms with van der Waals surface area (Å²) in [5, 5.41) is 0. The maximum Gasteiger partial charge on any atom is 0.341 e. The molecule has 19 heavy (non-hydrogen) atoms. The van der Waals surface area contributed by atoms with Gasteiger partial charge in [-0.3, -0.25) is 0 Å². The molecule has 1 rings (SSSR count). The van der Waals surface area contributed by atoms with Crippen molar-refractivity contribution in [2.75, 3.05) is 31.2 Å². The van der Waals surface area contributed by atoms with Gasteiger partial charge in [0.2, 0.25) is 0 Å². The Hall–Kier alpha value is -1.71. The molecular formula is C15H23NO3. The van der Waals surface area contributed by atoms with Gasteiger partial charge in [0, 0.05) is 18.8 Å². The third-order valence-corrected chi connectivity index (χ3v) is 2.89. The van der Waals surface area contributed by atoms with E-state index in [4.69, 9.17) is 9.47 Å². The Morgan fingerprint density at radius 1 is 1.11 bits per heavy atom. The molecule has 0 radical (unpaired) electrons. The largest absolute Gasteiger partial charge is 0.493 e. The number of anilines is 1. The van der Waals surface area contributed by atoms with Crippen LogP contribution < -0.4 is 9.64 Å². The predicted molar refractivity (Wildman–Crippen MR) is 77.1 cm³/mol. The molecule has 0 amide bonds. The second-order valence-corrected chi connectivity index (χ2v) is 4.01. The van der Waals surface area contributed by atoms with Crippen LogP contribution >= 0.6 is 0 Å². The van der Waals surface area contributed by atoms with Crippen LogP contribution in [0.4, 0.5) is 5.69 Å². The highest BCUT2D eigenvalue weighted by Crippen LogP contribution is 2.26. The van der Waals surface area contributed by atoms with Gasteiger partial charge in [0.25, 0.3) is 0 Å². The summed E-state index contributed by atoms with van der Waals surface area (Å²) in [4.78, 5) is 14.2.